The third kappa shape index (κ3) is 5.22. The molecule has 1 atom stereocenters. The molecule has 1 fully saturated rings. The quantitative estimate of drug-likeness (QED) is 0.323. The van der Waals surface area contributed by atoms with Crippen LogP contribution in [0.5, 0.6) is 5.75 Å². The molecule has 1 amide bonds. The summed E-state index contributed by atoms with van der Waals surface area (Å²) in [6.45, 7) is 11.7. The van der Waals surface area contributed by atoms with E-state index in [9.17, 15) is 14.7 Å². The van der Waals surface area contributed by atoms with Crippen LogP contribution in [0.1, 0.15) is 44.2 Å². The van der Waals surface area contributed by atoms with Gasteiger partial charge >= 0.3 is 0 Å². The maximum Gasteiger partial charge on any atom is 0.295 e. The standard InChI is InChI=1S/C25H32N2O4S/c1-5-26(6-2)13-14-27-22(20-8-7-15-32-20)21(24(29)25(27)30)23(28)18-9-11-19(12-10-18)31-16-17(3)4/h7-12,15,17,22,28H,5-6,13-14,16H2,1-4H3/t22-/m1/s1. The molecule has 1 aliphatic heterocycles. The third-order valence-electron chi connectivity index (χ3n) is 5.62. The highest BCUT2D eigenvalue weighted by Gasteiger charge is 2.46. The normalized spacial score (nSPS) is 18.2. The topological polar surface area (TPSA) is 70.1 Å². The van der Waals surface area contributed by atoms with Crippen LogP contribution >= 0.6 is 11.3 Å². The molecule has 0 aliphatic carbocycles. The zero-order valence-electron chi connectivity index (χ0n) is 19.2. The largest absolute Gasteiger partial charge is 0.507 e. The Kier molecular flexibility index (Phi) is 8.10. The Morgan fingerprint density at radius 3 is 2.41 bits per heavy atom. The molecule has 32 heavy (non-hydrogen) atoms. The van der Waals surface area contributed by atoms with Crippen molar-refractivity contribution in [2.24, 2.45) is 5.92 Å². The van der Waals surface area contributed by atoms with Gasteiger partial charge in [0.25, 0.3) is 11.7 Å². The summed E-state index contributed by atoms with van der Waals surface area (Å²) in [5, 5.41) is 13.0. The highest BCUT2D eigenvalue weighted by Crippen LogP contribution is 2.41. The van der Waals surface area contributed by atoms with Crippen LogP contribution in [-0.4, -0.2) is 59.4 Å². The number of Topliss-reactive ketones (excluding diaryl/α,β-unsaturated/α-hetero) is 1. The number of likely N-dealkylation sites (tertiary alicyclic amines) is 1. The lowest BCUT2D eigenvalue weighted by atomic mass is 10.00. The van der Waals surface area contributed by atoms with E-state index in [-0.39, 0.29) is 11.3 Å². The number of carbonyl (C=O) groups excluding carboxylic acids is 2. The maximum atomic E-state index is 13.0. The van der Waals surface area contributed by atoms with Crippen LogP contribution in [0.2, 0.25) is 0 Å². The van der Waals surface area contributed by atoms with E-state index in [1.807, 2.05) is 17.5 Å². The fourth-order valence-corrected chi connectivity index (χ4v) is 4.62. The first kappa shape index (κ1) is 24.0. The Bertz CT molecular complexity index is 947. The summed E-state index contributed by atoms with van der Waals surface area (Å²) in [6.07, 6.45) is 0. The minimum absolute atomic E-state index is 0.146. The van der Waals surface area contributed by atoms with Crippen molar-refractivity contribution < 1.29 is 19.4 Å². The van der Waals surface area contributed by atoms with Crippen LogP contribution in [-0.2, 0) is 9.59 Å². The smallest absolute Gasteiger partial charge is 0.295 e. The van der Waals surface area contributed by atoms with Crippen LogP contribution in [0, 0.1) is 5.92 Å². The average molecular weight is 457 g/mol. The van der Waals surface area contributed by atoms with Gasteiger partial charge in [-0.05, 0) is 54.7 Å². The van der Waals surface area contributed by atoms with Gasteiger partial charge in [0.15, 0.2) is 0 Å². The lowest BCUT2D eigenvalue weighted by molar-refractivity contribution is -0.140. The molecule has 1 aromatic heterocycles. The zero-order valence-corrected chi connectivity index (χ0v) is 20.0. The van der Waals surface area contributed by atoms with E-state index in [0.29, 0.717) is 36.9 Å². The number of ketones is 1. The molecule has 1 aromatic carbocycles. The number of hydrogen-bond donors (Lipinski definition) is 1. The van der Waals surface area contributed by atoms with Crippen molar-refractivity contribution in [3.63, 3.8) is 0 Å². The monoisotopic (exact) mass is 456 g/mol. The molecule has 6 nitrogen and oxygen atoms in total. The lowest BCUT2D eigenvalue weighted by Gasteiger charge is -2.27. The number of nitrogens with zero attached hydrogens (tertiary/aromatic N) is 2. The first-order valence-corrected chi connectivity index (χ1v) is 12.0. The molecule has 172 valence electrons. The summed E-state index contributed by atoms with van der Waals surface area (Å²) in [5.41, 5.74) is 0.637. The second-order valence-electron chi connectivity index (χ2n) is 8.26. The minimum Gasteiger partial charge on any atom is -0.507 e. The van der Waals surface area contributed by atoms with Gasteiger partial charge in [-0.2, -0.15) is 0 Å². The van der Waals surface area contributed by atoms with Crippen molar-refractivity contribution in [3.8, 4) is 5.75 Å². The first-order chi connectivity index (χ1) is 15.4. The molecule has 1 saturated heterocycles. The van der Waals surface area contributed by atoms with Crippen molar-refractivity contribution in [2.75, 3.05) is 32.8 Å². The van der Waals surface area contributed by atoms with Crippen molar-refractivity contribution in [2.45, 2.75) is 33.7 Å². The number of rotatable bonds is 10. The van der Waals surface area contributed by atoms with Gasteiger partial charge in [0, 0.05) is 23.5 Å². The Labute approximate surface area is 194 Å². The molecule has 0 radical (unpaired) electrons. The summed E-state index contributed by atoms with van der Waals surface area (Å²) in [7, 11) is 0. The number of likely N-dealkylation sites (N-methyl/N-ethyl adjacent to an activating group) is 1. The van der Waals surface area contributed by atoms with Gasteiger partial charge in [0.05, 0.1) is 18.2 Å². The summed E-state index contributed by atoms with van der Waals surface area (Å²) in [4.78, 5) is 30.6. The number of thiophene rings is 1. The molecular formula is C25H32N2O4S. The molecule has 2 heterocycles. The van der Waals surface area contributed by atoms with E-state index in [1.165, 1.54) is 11.3 Å². The number of benzene rings is 1. The number of ether oxygens (including phenoxy) is 1. The van der Waals surface area contributed by atoms with Gasteiger partial charge in [-0.1, -0.05) is 33.8 Å². The fourth-order valence-electron chi connectivity index (χ4n) is 3.77. The molecule has 2 aromatic rings. The predicted octanol–water partition coefficient (Wildman–Crippen LogP) is 4.55. The average Bonchev–Trinajstić information content (AvgIpc) is 3.40. The minimum atomic E-state index is -0.638. The van der Waals surface area contributed by atoms with E-state index < -0.39 is 17.7 Å². The molecule has 1 aliphatic rings. The van der Waals surface area contributed by atoms with E-state index in [0.717, 1.165) is 18.0 Å². The Morgan fingerprint density at radius 1 is 1.16 bits per heavy atom. The van der Waals surface area contributed by atoms with Crippen LogP contribution in [0.25, 0.3) is 5.76 Å². The predicted molar refractivity (Wildman–Crippen MR) is 128 cm³/mol. The van der Waals surface area contributed by atoms with Gasteiger partial charge in [-0.25, -0.2) is 0 Å². The highest BCUT2D eigenvalue weighted by molar-refractivity contribution is 7.10. The van der Waals surface area contributed by atoms with Crippen LogP contribution in [0.3, 0.4) is 0 Å². The second kappa shape index (κ2) is 10.8. The van der Waals surface area contributed by atoms with Crippen LogP contribution in [0.4, 0.5) is 0 Å². The van der Waals surface area contributed by atoms with Crippen molar-refractivity contribution in [1.82, 2.24) is 9.80 Å². The Morgan fingerprint density at radius 2 is 1.84 bits per heavy atom. The second-order valence-corrected chi connectivity index (χ2v) is 9.24. The third-order valence-corrected chi connectivity index (χ3v) is 6.54. The van der Waals surface area contributed by atoms with Crippen molar-refractivity contribution in [1.29, 1.82) is 0 Å². The summed E-state index contributed by atoms with van der Waals surface area (Å²) < 4.78 is 5.71. The molecule has 0 unspecified atom stereocenters. The highest BCUT2D eigenvalue weighted by atomic mass is 32.1. The molecule has 0 saturated carbocycles. The van der Waals surface area contributed by atoms with Crippen molar-refractivity contribution >= 4 is 28.8 Å². The van der Waals surface area contributed by atoms with Gasteiger partial charge < -0.3 is 19.6 Å². The van der Waals surface area contributed by atoms with Crippen LogP contribution in [0.15, 0.2) is 47.4 Å². The first-order valence-electron chi connectivity index (χ1n) is 11.1. The SMILES string of the molecule is CCN(CC)CCN1C(=O)C(=O)C(=C(O)c2ccc(OCC(C)C)cc2)[C@H]1c1cccs1. The summed E-state index contributed by atoms with van der Waals surface area (Å²) >= 11 is 1.48. The van der Waals surface area contributed by atoms with E-state index >= 15 is 0 Å². The van der Waals surface area contributed by atoms with Gasteiger partial charge in [-0.3, -0.25) is 9.59 Å². The van der Waals surface area contributed by atoms with Gasteiger partial charge in [0.1, 0.15) is 11.5 Å². The Balaban J connectivity index is 1.94. The molecule has 0 spiro atoms. The molecule has 0 bridgehead atoms. The van der Waals surface area contributed by atoms with Gasteiger partial charge in [0.2, 0.25) is 0 Å². The van der Waals surface area contributed by atoms with E-state index in [2.05, 4.69) is 32.6 Å². The van der Waals surface area contributed by atoms with E-state index in [1.54, 1.807) is 29.2 Å². The number of carbonyl (C=O) groups is 2. The zero-order chi connectivity index (χ0) is 23.3. The molecule has 7 heteroatoms. The number of hydrogen-bond acceptors (Lipinski definition) is 6. The Hall–Kier alpha value is -2.64. The maximum absolute atomic E-state index is 13.0. The number of aliphatic hydroxyl groups excluding tert-OH is 1. The summed E-state index contributed by atoms with van der Waals surface area (Å²) in [5.74, 6) is -0.247. The number of amides is 1. The lowest BCUT2D eigenvalue weighted by Crippen LogP contribution is -2.37. The molecule has 1 N–H and O–H groups in total. The van der Waals surface area contributed by atoms with Gasteiger partial charge in [-0.15, -0.1) is 11.3 Å². The molecule has 3 rings (SSSR count). The van der Waals surface area contributed by atoms with E-state index in [4.69, 9.17) is 4.74 Å². The van der Waals surface area contributed by atoms with Crippen molar-refractivity contribution in [3.05, 3.63) is 57.8 Å². The fraction of sp³-hybridized carbons (Fsp3) is 0.440. The van der Waals surface area contributed by atoms with Crippen LogP contribution < -0.4 is 4.74 Å². The summed E-state index contributed by atoms with van der Waals surface area (Å²) in [6, 6.07) is 10.2. The molecular weight excluding hydrogens is 424 g/mol. The number of aliphatic hydroxyl groups is 1.